The standard InChI is InChI=1S/C28H24N2O6/c1-4-34-27(32)21(28(33)35-5-2)19-14-20(29-16-10-8-9-15(3)13-16)22-23-24(19)30-36-26(23)18-12-7-6-11-17(18)25(22)31/h6-14,21,29H,4-5H2,1-3H3. The van der Waals surface area contributed by atoms with Crippen LogP contribution in [0.5, 0.6) is 0 Å². The van der Waals surface area contributed by atoms with Gasteiger partial charge in [-0.15, -0.1) is 0 Å². The molecule has 0 bridgehead atoms. The van der Waals surface area contributed by atoms with Gasteiger partial charge in [-0.2, -0.15) is 0 Å². The Hall–Kier alpha value is -4.46. The number of nitrogens with one attached hydrogen (secondary N) is 1. The zero-order chi connectivity index (χ0) is 25.4. The monoisotopic (exact) mass is 484 g/mol. The van der Waals surface area contributed by atoms with E-state index < -0.39 is 17.9 Å². The summed E-state index contributed by atoms with van der Waals surface area (Å²) in [6.45, 7) is 5.44. The van der Waals surface area contributed by atoms with E-state index in [1.54, 1.807) is 44.2 Å². The lowest BCUT2D eigenvalue weighted by Gasteiger charge is -2.21. The summed E-state index contributed by atoms with van der Waals surface area (Å²) in [5, 5.41) is 7.97. The zero-order valence-corrected chi connectivity index (χ0v) is 20.1. The Balaban J connectivity index is 1.81. The number of aromatic nitrogens is 1. The van der Waals surface area contributed by atoms with E-state index in [0.29, 0.717) is 33.5 Å². The van der Waals surface area contributed by atoms with Gasteiger partial charge in [0.25, 0.3) is 0 Å². The molecule has 36 heavy (non-hydrogen) atoms. The summed E-state index contributed by atoms with van der Waals surface area (Å²) in [7, 11) is 0. The summed E-state index contributed by atoms with van der Waals surface area (Å²) >= 11 is 0. The van der Waals surface area contributed by atoms with Gasteiger partial charge < -0.3 is 19.3 Å². The van der Waals surface area contributed by atoms with E-state index in [0.717, 1.165) is 11.3 Å². The summed E-state index contributed by atoms with van der Waals surface area (Å²) in [5.74, 6) is -2.74. The molecule has 0 atom stereocenters. The van der Waals surface area contributed by atoms with Gasteiger partial charge in [-0.25, -0.2) is 0 Å². The molecule has 3 aromatic carbocycles. The number of fused-ring (bicyclic) bond motifs is 2. The van der Waals surface area contributed by atoms with Crippen molar-refractivity contribution in [3.63, 3.8) is 0 Å². The highest BCUT2D eigenvalue weighted by molar-refractivity contribution is 6.28. The van der Waals surface area contributed by atoms with E-state index in [1.165, 1.54) is 0 Å². The molecule has 4 aromatic rings. The van der Waals surface area contributed by atoms with Gasteiger partial charge in [-0.3, -0.25) is 14.4 Å². The van der Waals surface area contributed by atoms with Gasteiger partial charge in [0.05, 0.1) is 29.9 Å². The van der Waals surface area contributed by atoms with Gasteiger partial charge in [0.2, 0.25) is 0 Å². The van der Waals surface area contributed by atoms with Crippen LogP contribution in [0.4, 0.5) is 11.4 Å². The predicted molar refractivity (Wildman–Crippen MR) is 133 cm³/mol. The molecule has 1 heterocycles. The number of carbonyl (C=O) groups excluding carboxylic acids is 3. The van der Waals surface area contributed by atoms with E-state index in [1.807, 2.05) is 31.2 Å². The fourth-order valence-electron chi connectivity index (χ4n) is 4.58. The van der Waals surface area contributed by atoms with Gasteiger partial charge >= 0.3 is 11.9 Å². The lowest BCUT2D eigenvalue weighted by molar-refractivity contribution is -0.156. The summed E-state index contributed by atoms with van der Waals surface area (Å²) in [6.07, 6.45) is 0. The molecule has 8 nitrogen and oxygen atoms in total. The average Bonchev–Trinajstić information content (AvgIpc) is 3.29. The molecular formula is C28H24N2O6. The number of carbonyl (C=O) groups is 3. The number of esters is 2. The second-order valence-electron chi connectivity index (χ2n) is 8.43. The van der Waals surface area contributed by atoms with Crippen molar-refractivity contribution in [3.05, 3.63) is 76.9 Å². The Morgan fingerprint density at radius 2 is 1.67 bits per heavy atom. The van der Waals surface area contributed by atoms with Crippen molar-refractivity contribution in [1.29, 1.82) is 0 Å². The Kier molecular flexibility index (Phi) is 6.01. The first-order chi connectivity index (χ1) is 17.4. The van der Waals surface area contributed by atoms with E-state index in [4.69, 9.17) is 14.0 Å². The molecule has 0 fully saturated rings. The summed E-state index contributed by atoms with van der Waals surface area (Å²) in [4.78, 5) is 39.7. The maximum Gasteiger partial charge on any atom is 0.324 e. The molecule has 0 spiro atoms. The van der Waals surface area contributed by atoms with Crippen LogP contribution >= 0.6 is 0 Å². The van der Waals surface area contributed by atoms with Gasteiger partial charge in [0.15, 0.2) is 17.5 Å². The second kappa shape index (κ2) is 9.30. The van der Waals surface area contributed by atoms with Crippen molar-refractivity contribution >= 4 is 40.0 Å². The maximum atomic E-state index is 13.7. The van der Waals surface area contributed by atoms with Gasteiger partial charge in [-0.1, -0.05) is 41.6 Å². The summed E-state index contributed by atoms with van der Waals surface area (Å²) in [5.41, 5.74) is 4.10. The highest BCUT2D eigenvalue weighted by atomic mass is 16.6. The van der Waals surface area contributed by atoms with E-state index in [-0.39, 0.29) is 30.1 Å². The summed E-state index contributed by atoms with van der Waals surface area (Å²) in [6, 6.07) is 16.4. The lowest BCUT2D eigenvalue weighted by Crippen LogP contribution is -2.27. The molecule has 182 valence electrons. The quantitative estimate of drug-likeness (QED) is 0.245. The average molecular weight is 485 g/mol. The van der Waals surface area contributed by atoms with Crippen molar-refractivity contribution in [1.82, 2.24) is 5.16 Å². The Morgan fingerprint density at radius 1 is 0.972 bits per heavy atom. The first-order valence-electron chi connectivity index (χ1n) is 11.7. The number of aryl methyl sites for hydroxylation is 1. The molecule has 0 saturated carbocycles. The van der Waals surface area contributed by atoms with Crippen LogP contribution < -0.4 is 5.32 Å². The Morgan fingerprint density at radius 3 is 2.33 bits per heavy atom. The minimum absolute atomic E-state index is 0.0836. The molecular weight excluding hydrogens is 460 g/mol. The van der Waals surface area contributed by atoms with E-state index in [2.05, 4.69) is 10.5 Å². The molecule has 1 aliphatic rings. The SMILES string of the molecule is CCOC(=O)C(C(=O)OCC)c1cc(Nc2cccc(C)c2)c2c3c(onc13)-c1ccccc1C2=O. The van der Waals surface area contributed by atoms with Crippen molar-refractivity contribution in [2.75, 3.05) is 18.5 Å². The number of anilines is 2. The third-order valence-corrected chi connectivity index (χ3v) is 6.08. The predicted octanol–water partition coefficient (Wildman–Crippen LogP) is 5.30. The van der Waals surface area contributed by atoms with Gasteiger partial charge in [0.1, 0.15) is 5.52 Å². The van der Waals surface area contributed by atoms with Gasteiger partial charge in [-0.05, 0) is 44.5 Å². The van der Waals surface area contributed by atoms with E-state index >= 15 is 0 Å². The largest absolute Gasteiger partial charge is 0.465 e. The highest BCUT2D eigenvalue weighted by Crippen LogP contribution is 2.45. The third-order valence-electron chi connectivity index (χ3n) is 6.08. The van der Waals surface area contributed by atoms with Crippen LogP contribution in [0.25, 0.3) is 22.2 Å². The molecule has 8 heteroatoms. The number of benzene rings is 3. The number of ether oxygens (including phenoxy) is 2. The Labute approximate surface area is 207 Å². The topological polar surface area (TPSA) is 108 Å². The van der Waals surface area contributed by atoms with Crippen molar-refractivity contribution in [2.45, 2.75) is 26.7 Å². The molecule has 5 rings (SSSR count). The van der Waals surface area contributed by atoms with Crippen LogP contribution in [0.1, 0.15) is 46.8 Å². The summed E-state index contributed by atoms with van der Waals surface area (Å²) < 4.78 is 16.2. The minimum Gasteiger partial charge on any atom is -0.465 e. The number of hydrogen-bond acceptors (Lipinski definition) is 8. The zero-order valence-electron chi connectivity index (χ0n) is 20.1. The van der Waals surface area contributed by atoms with Crippen LogP contribution in [-0.4, -0.2) is 36.1 Å². The van der Waals surface area contributed by atoms with Crippen LogP contribution in [0, 0.1) is 6.92 Å². The van der Waals surface area contributed by atoms with Crippen molar-refractivity contribution in [2.24, 2.45) is 0 Å². The molecule has 0 radical (unpaired) electrons. The molecule has 1 N–H and O–H groups in total. The molecule has 0 amide bonds. The molecule has 1 aromatic heterocycles. The molecule has 0 saturated heterocycles. The molecule has 0 aliphatic heterocycles. The van der Waals surface area contributed by atoms with E-state index in [9.17, 15) is 14.4 Å². The smallest absolute Gasteiger partial charge is 0.324 e. The van der Waals surface area contributed by atoms with Gasteiger partial charge in [0, 0.05) is 22.4 Å². The second-order valence-corrected chi connectivity index (χ2v) is 8.43. The Bertz CT molecular complexity index is 1500. The van der Waals surface area contributed by atoms with Crippen molar-refractivity contribution < 1.29 is 28.4 Å². The fraction of sp³-hybridized carbons (Fsp3) is 0.214. The number of ketones is 1. The normalized spacial score (nSPS) is 11.9. The first kappa shape index (κ1) is 23.3. The number of nitrogens with zero attached hydrogens (tertiary/aromatic N) is 1. The number of rotatable bonds is 7. The third kappa shape index (κ3) is 3.80. The number of hydrogen-bond donors (Lipinski definition) is 1. The van der Waals surface area contributed by atoms with Crippen molar-refractivity contribution in [3.8, 4) is 11.3 Å². The van der Waals surface area contributed by atoms with Crippen LogP contribution in [0.15, 0.2) is 59.1 Å². The lowest BCUT2D eigenvalue weighted by atomic mass is 9.84. The molecule has 1 aliphatic carbocycles. The fourth-order valence-corrected chi connectivity index (χ4v) is 4.58. The van der Waals surface area contributed by atoms with Crippen LogP contribution in [0.2, 0.25) is 0 Å². The molecule has 0 unspecified atom stereocenters. The maximum absolute atomic E-state index is 13.7. The highest BCUT2D eigenvalue weighted by Gasteiger charge is 2.39. The minimum atomic E-state index is -1.40. The van der Waals surface area contributed by atoms with Crippen LogP contribution in [-0.2, 0) is 19.1 Å². The van der Waals surface area contributed by atoms with Crippen LogP contribution in [0.3, 0.4) is 0 Å². The first-order valence-corrected chi connectivity index (χ1v) is 11.7.